The predicted octanol–water partition coefficient (Wildman–Crippen LogP) is 2.40. The van der Waals surface area contributed by atoms with E-state index in [9.17, 15) is 4.79 Å². The lowest BCUT2D eigenvalue weighted by atomic mass is 9.84. The molecule has 1 aromatic carbocycles. The molecule has 0 saturated heterocycles. The fourth-order valence-electron chi connectivity index (χ4n) is 2.45. The first-order chi connectivity index (χ1) is 9.12. The third kappa shape index (κ3) is 2.20. The van der Waals surface area contributed by atoms with Crippen molar-refractivity contribution in [2.45, 2.75) is 24.0 Å². The number of hydrogen-bond donors (Lipinski definition) is 3. The van der Waals surface area contributed by atoms with Gasteiger partial charge in [-0.05, 0) is 25.2 Å². The molecule has 0 atom stereocenters. The molecule has 102 valence electrons. The molecule has 1 heterocycles. The molecule has 4 N–H and O–H groups in total. The van der Waals surface area contributed by atoms with Gasteiger partial charge in [0.2, 0.25) is 0 Å². The van der Waals surface area contributed by atoms with Crippen LogP contribution in [-0.2, 0) is 0 Å². The largest absolute Gasteiger partial charge is 0.417 e. The molecule has 2 aromatic rings. The molecule has 0 radical (unpaired) electrons. The van der Waals surface area contributed by atoms with Crippen molar-refractivity contribution in [3.05, 3.63) is 22.7 Å². The van der Waals surface area contributed by atoms with E-state index in [-0.39, 0.29) is 0 Å². The summed E-state index contributed by atoms with van der Waals surface area (Å²) in [6, 6.07) is 3.52. The van der Waals surface area contributed by atoms with Crippen LogP contribution in [0.5, 0.6) is 0 Å². The Morgan fingerprint density at radius 3 is 2.95 bits per heavy atom. The fraction of sp³-hybridized carbons (Fsp3) is 0.462. The van der Waals surface area contributed by atoms with Gasteiger partial charge in [-0.15, -0.1) is 0 Å². The van der Waals surface area contributed by atoms with E-state index in [2.05, 4.69) is 16.6 Å². The summed E-state index contributed by atoms with van der Waals surface area (Å²) in [4.78, 5) is 13.8. The lowest BCUT2D eigenvalue weighted by molar-refractivity contribution is 0.380. The third-order valence-electron chi connectivity index (χ3n) is 3.89. The van der Waals surface area contributed by atoms with Gasteiger partial charge in [-0.1, -0.05) is 6.42 Å². The molecule has 6 heteroatoms. The number of H-pyrrole nitrogens is 1. The number of thioether (sulfide) groups is 1. The number of aromatic nitrogens is 1. The van der Waals surface area contributed by atoms with Crippen LogP contribution in [0.4, 0.5) is 11.4 Å². The zero-order valence-electron chi connectivity index (χ0n) is 10.8. The maximum Gasteiger partial charge on any atom is 0.417 e. The second kappa shape index (κ2) is 4.52. The Kier molecular flexibility index (Phi) is 2.97. The second-order valence-electron chi connectivity index (χ2n) is 5.04. The van der Waals surface area contributed by atoms with Crippen molar-refractivity contribution in [1.29, 1.82) is 0 Å². The summed E-state index contributed by atoms with van der Waals surface area (Å²) in [5.74, 6) is -0.453. The first-order valence-electron chi connectivity index (χ1n) is 6.33. The molecular weight excluding hydrogens is 262 g/mol. The fourth-order valence-corrected chi connectivity index (χ4v) is 3.36. The van der Waals surface area contributed by atoms with E-state index in [1.807, 2.05) is 17.8 Å². The van der Waals surface area contributed by atoms with Gasteiger partial charge in [0.25, 0.3) is 0 Å². The van der Waals surface area contributed by atoms with Crippen LogP contribution in [0.3, 0.4) is 0 Å². The Morgan fingerprint density at radius 1 is 1.53 bits per heavy atom. The van der Waals surface area contributed by atoms with Crippen LogP contribution in [0, 0.1) is 0 Å². The molecule has 1 saturated carbocycles. The Balaban J connectivity index is 1.84. The van der Waals surface area contributed by atoms with Crippen molar-refractivity contribution in [3.8, 4) is 0 Å². The van der Waals surface area contributed by atoms with Gasteiger partial charge in [0.15, 0.2) is 5.58 Å². The van der Waals surface area contributed by atoms with Gasteiger partial charge < -0.3 is 15.5 Å². The van der Waals surface area contributed by atoms with E-state index in [0.29, 0.717) is 21.5 Å². The maximum atomic E-state index is 11.1. The predicted molar refractivity (Wildman–Crippen MR) is 79.8 cm³/mol. The summed E-state index contributed by atoms with van der Waals surface area (Å²) >= 11 is 1.91. The molecule has 0 aliphatic heterocycles. The molecule has 0 bridgehead atoms. The lowest BCUT2D eigenvalue weighted by Crippen LogP contribution is -2.40. The summed E-state index contributed by atoms with van der Waals surface area (Å²) in [5, 5.41) is 3.40. The SMILES string of the molecule is CSC1(CNc2cc3[nH]c(=O)oc3cc2N)CCC1. The smallest absolute Gasteiger partial charge is 0.408 e. The number of benzene rings is 1. The standard InChI is InChI=1S/C13H17N3O2S/c1-19-13(3-2-4-13)7-15-9-6-10-11(5-8(9)14)18-12(17)16-10/h5-6,15H,2-4,7,14H2,1H3,(H,16,17). The summed E-state index contributed by atoms with van der Waals surface area (Å²) < 4.78 is 5.32. The van der Waals surface area contributed by atoms with E-state index in [1.54, 1.807) is 6.07 Å². The van der Waals surface area contributed by atoms with E-state index >= 15 is 0 Å². The van der Waals surface area contributed by atoms with Crippen molar-refractivity contribution in [2.24, 2.45) is 0 Å². The quantitative estimate of drug-likeness (QED) is 0.748. The summed E-state index contributed by atoms with van der Waals surface area (Å²) in [6.45, 7) is 0.895. The van der Waals surface area contributed by atoms with E-state index in [4.69, 9.17) is 10.2 Å². The van der Waals surface area contributed by atoms with Crippen LogP contribution < -0.4 is 16.8 Å². The van der Waals surface area contributed by atoms with Crippen LogP contribution >= 0.6 is 11.8 Å². The molecule has 19 heavy (non-hydrogen) atoms. The zero-order chi connectivity index (χ0) is 13.5. The number of hydrogen-bond acceptors (Lipinski definition) is 5. The highest BCUT2D eigenvalue weighted by Gasteiger charge is 2.35. The Bertz CT molecular complexity index is 652. The van der Waals surface area contributed by atoms with Gasteiger partial charge in [-0.25, -0.2) is 4.79 Å². The number of aromatic amines is 1. The molecule has 1 aliphatic carbocycles. The van der Waals surface area contributed by atoms with Crippen molar-refractivity contribution in [3.63, 3.8) is 0 Å². The molecule has 0 amide bonds. The molecule has 1 aromatic heterocycles. The zero-order valence-corrected chi connectivity index (χ0v) is 11.6. The molecule has 1 fully saturated rings. The minimum Gasteiger partial charge on any atom is -0.408 e. The highest BCUT2D eigenvalue weighted by Crippen LogP contribution is 2.43. The van der Waals surface area contributed by atoms with Crippen molar-refractivity contribution in [1.82, 2.24) is 4.98 Å². The van der Waals surface area contributed by atoms with Gasteiger partial charge in [0, 0.05) is 17.4 Å². The maximum absolute atomic E-state index is 11.1. The van der Waals surface area contributed by atoms with Gasteiger partial charge in [-0.3, -0.25) is 4.98 Å². The van der Waals surface area contributed by atoms with Crippen LogP contribution in [0.2, 0.25) is 0 Å². The van der Waals surface area contributed by atoms with Crippen LogP contribution in [0.15, 0.2) is 21.3 Å². The number of oxazole rings is 1. The highest BCUT2D eigenvalue weighted by molar-refractivity contribution is 8.00. The number of nitrogens with two attached hydrogens (primary N) is 1. The van der Waals surface area contributed by atoms with Crippen LogP contribution in [0.1, 0.15) is 19.3 Å². The Labute approximate surface area is 114 Å². The molecule has 0 unspecified atom stereocenters. The lowest BCUT2D eigenvalue weighted by Gasteiger charge is -2.40. The molecule has 3 rings (SSSR count). The average molecular weight is 279 g/mol. The molecule has 1 aliphatic rings. The minimum absolute atomic E-state index is 0.338. The third-order valence-corrected chi connectivity index (χ3v) is 5.31. The van der Waals surface area contributed by atoms with Crippen LogP contribution in [-0.4, -0.2) is 22.5 Å². The van der Waals surface area contributed by atoms with Gasteiger partial charge in [0.05, 0.1) is 16.9 Å². The van der Waals surface area contributed by atoms with Gasteiger partial charge in [-0.2, -0.15) is 11.8 Å². The van der Waals surface area contributed by atoms with Crippen molar-refractivity contribution < 1.29 is 4.42 Å². The molecule has 0 spiro atoms. The average Bonchev–Trinajstić information content (AvgIpc) is 2.67. The van der Waals surface area contributed by atoms with Gasteiger partial charge in [0.1, 0.15) is 0 Å². The number of fused-ring (bicyclic) bond motifs is 1. The minimum atomic E-state index is -0.453. The van der Waals surface area contributed by atoms with Crippen LogP contribution in [0.25, 0.3) is 11.1 Å². The topological polar surface area (TPSA) is 84.0 Å². The normalized spacial score (nSPS) is 17.3. The first kappa shape index (κ1) is 12.5. The number of anilines is 2. The number of nitrogen functional groups attached to an aromatic ring is 1. The molecule has 5 nitrogen and oxygen atoms in total. The second-order valence-corrected chi connectivity index (χ2v) is 6.32. The summed E-state index contributed by atoms with van der Waals surface area (Å²) in [6.07, 6.45) is 5.94. The number of rotatable bonds is 4. The Morgan fingerprint density at radius 2 is 2.32 bits per heavy atom. The van der Waals surface area contributed by atoms with Crippen molar-refractivity contribution >= 4 is 34.2 Å². The Hall–Kier alpha value is -1.56. The molecular formula is C13H17N3O2S. The van der Waals surface area contributed by atoms with Gasteiger partial charge >= 0.3 is 5.76 Å². The monoisotopic (exact) mass is 279 g/mol. The highest BCUT2D eigenvalue weighted by atomic mass is 32.2. The van der Waals surface area contributed by atoms with E-state index < -0.39 is 5.76 Å². The van der Waals surface area contributed by atoms with E-state index in [1.165, 1.54) is 19.3 Å². The number of nitrogens with one attached hydrogen (secondary N) is 2. The van der Waals surface area contributed by atoms with E-state index in [0.717, 1.165) is 12.2 Å². The van der Waals surface area contributed by atoms with Crippen molar-refractivity contribution in [2.75, 3.05) is 23.9 Å². The summed E-state index contributed by atoms with van der Waals surface area (Å²) in [7, 11) is 0. The first-order valence-corrected chi connectivity index (χ1v) is 7.56. The summed E-state index contributed by atoms with van der Waals surface area (Å²) in [5.41, 5.74) is 8.61.